The van der Waals surface area contributed by atoms with Gasteiger partial charge in [0.1, 0.15) is 5.54 Å². The van der Waals surface area contributed by atoms with Crippen molar-refractivity contribution in [3.63, 3.8) is 0 Å². The van der Waals surface area contributed by atoms with Gasteiger partial charge in [-0.3, -0.25) is 4.79 Å². The summed E-state index contributed by atoms with van der Waals surface area (Å²) in [4.78, 5) is 16.4. The number of nitrogens with zero attached hydrogens (tertiary/aromatic N) is 1. The molecule has 1 unspecified atom stereocenters. The van der Waals surface area contributed by atoms with Gasteiger partial charge in [-0.1, -0.05) is 30.3 Å². The van der Waals surface area contributed by atoms with Gasteiger partial charge in [-0.05, 0) is 25.5 Å². The fraction of sp³-hybridized carbons (Fsp3) is 0.250. The number of rotatable bonds is 5. The van der Waals surface area contributed by atoms with Crippen molar-refractivity contribution in [3.05, 3.63) is 54.2 Å². The molecule has 0 spiro atoms. The average Bonchev–Trinajstić information content (AvgIpc) is 2.50. The lowest BCUT2D eigenvalue weighted by molar-refractivity contribution is -0.120. The van der Waals surface area contributed by atoms with E-state index in [0.717, 1.165) is 5.56 Å². The Balaban J connectivity index is 2.10. The highest BCUT2D eigenvalue weighted by atomic mass is 16.5. The molecule has 1 amide bonds. The first kappa shape index (κ1) is 15.0. The molecular weight excluding hydrogens is 266 g/mol. The van der Waals surface area contributed by atoms with Crippen molar-refractivity contribution in [2.75, 3.05) is 11.9 Å². The molecular formula is C16H19N3O2. The van der Waals surface area contributed by atoms with Gasteiger partial charge in [-0.15, -0.1) is 0 Å². The number of carbonyl (C=O) groups excluding carboxylic acids is 1. The third kappa shape index (κ3) is 3.58. The maximum absolute atomic E-state index is 12.4. The van der Waals surface area contributed by atoms with Gasteiger partial charge in [0.2, 0.25) is 11.8 Å². The van der Waals surface area contributed by atoms with Gasteiger partial charge in [-0.25, -0.2) is 4.98 Å². The van der Waals surface area contributed by atoms with Crippen molar-refractivity contribution >= 4 is 11.6 Å². The zero-order valence-electron chi connectivity index (χ0n) is 12.2. The molecule has 0 radical (unpaired) electrons. The molecule has 5 heteroatoms. The highest BCUT2D eigenvalue weighted by molar-refractivity contribution is 5.98. The molecule has 0 aliphatic heterocycles. The summed E-state index contributed by atoms with van der Waals surface area (Å²) in [5, 5.41) is 2.77. The predicted octanol–water partition coefficient (Wildman–Crippen LogP) is 2.29. The van der Waals surface area contributed by atoms with Gasteiger partial charge >= 0.3 is 0 Å². The molecule has 110 valence electrons. The predicted molar refractivity (Wildman–Crippen MR) is 82.0 cm³/mol. The summed E-state index contributed by atoms with van der Waals surface area (Å²) < 4.78 is 5.25. The van der Waals surface area contributed by atoms with Crippen LogP contribution in [0.15, 0.2) is 48.7 Å². The number of ether oxygens (including phenoxy) is 1. The first-order valence-corrected chi connectivity index (χ1v) is 6.78. The van der Waals surface area contributed by atoms with Crippen molar-refractivity contribution in [1.29, 1.82) is 0 Å². The number of pyridine rings is 1. The Hall–Kier alpha value is -2.40. The number of hydrogen-bond acceptors (Lipinski definition) is 4. The fourth-order valence-electron chi connectivity index (χ4n) is 1.86. The Morgan fingerprint density at radius 2 is 2.00 bits per heavy atom. The van der Waals surface area contributed by atoms with E-state index in [2.05, 4.69) is 10.3 Å². The van der Waals surface area contributed by atoms with Crippen LogP contribution in [0.5, 0.6) is 5.88 Å². The van der Waals surface area contributed by atoms with Crippen molar-refractivity contribution in [3.8, 4) is 5.88 Å². The number of nitrogens with one attached hydrogen (secondary N) is 1. The maximum atomic E-state index is 12.4. The first-order valence-electron chi connectivity index (χ1n) is 6.78. The monoisotopic (exact) mass is 285 g/mol. The molecule has 0 aliphatic carbocycles. The second-order valence-corrected chi connectivity index (χ2v) is 4.84. The summed E-state index contributed by atoms with van der Waals surface area (Å²) in [6, 6.07) is 12.7. The second-order valence-electron chi connectivity index (χ2n) is 4.84. The Morgan fingerprint density at radius 3 is 2.57 bits per heavy atom. The summed E-state index contributed by atoms with van der Waals surface area (Å²) in [5.74, 6) is 0.230. The van der Waals surface area contributed by atoms with E-state index < -0.39 is 5.54 Å². The second kappa shape index (κ2) is 6.37. The lowest BCUT2D eigenvalue weighted by Gasteiger charge is -2.24. The normalized spacial score (nSPS) is 13.3. The number of aromatic nitrogens is 1. The van der Waals surface area contributed by atoms with Gasteiger partial charge < -0.3 is 15.8 Å². The van der Waals surface area contributed by atoms with Crippen molar-refractivity contribution in [2.24, 2.45) is 5.73 Å². The van der Waals surface area contributed by atoms with E-state index in [1.54, 1.807) is 25.3 Å². The highest BCUT2D eigenvalue weighted by Gasteiger charge is 2.30. The molecule has 1 heterocycles. The van der Waals surface area contributed by atoms with E-state index >= 15 is 0 Å². The van der Waals surface area contributed by atoms with Crippen LogP contribution >= 0.6 is 0 Å². The molecule has 1 aromatic heterocycles. The van der Waals surface area contributed by atoms with Crippen molar-refractivity contribution < 1.29 is 9.53 Å². The van der Waals surface area contributed by atoms with Gasteiger partial charge in [0, 0.05) is 6.07 Å². The van der Waals surface area contributed by atoms with Crippen LogP contribution in [-0.2, 0) is 10.3 Å². The summed E-state index contributed by atoms with van der Waals surface area (Å²) in [5.41, 5.74) is 6.37. The smallest absolute Gasteiger partial charge is 0.248 e. The summed E-state index contributed by atoms with van der Waals surface area (Å²) in [6.45, 7) is 4.12. The SMILES string of the molecule is CCOc1ccc(NC(=O)C(C)(N)c2ccccc2)cn1. The quantitative estimate of drug-likeness (QED) is 0.883. The molecule has 1 atom stereocenters. The molecule has 0 saturated carbocycles. The number of amides is 1. The largest absolute Gasteiger partial charge is 0.478 e. The lowest BCUT2D eigenvalue weighted by Crippen LogP contribution is -2.45. The van der Waals surface area contributed by atoms with Gasteiger partial charge in [0.05, 0.1) is 18.5 Å². The van der Waals surface area contributed by atoms with E-state index in [1.165, 1.54) is 0 Å². The van der Waals surface area contributed by atoms with Gasteiger partial charge in [0.15, 0.2) is 0 Å². The molecule has 3 N–H and O–H groups in total. The number of hydrogen-bond donors (Lipinski definition) is 2. The zero-order chi connectivity index (χ0) is 15.3. The summed E-state index contributed by atoms with van der Waals surface area (Å²) >= 11 is 0. The lowest BCUT2D eigenvalue weighted by atomic mass is 9.92. The molecule has 1 aromatic carbocycles. The molecule has 0 fully saturated rings. The van der Waals surface area contributed by atoms with Crippen LogP contribution in [0.2, 0.25) is 0 Å². The molecule has 21 heavy (non-hydrogen) atoms. The van der Waals surface area contributed by atoms with Crippen LogP contribution < -0.4 is 15.8 Å². The molecule has 0 saturated heterocycles. The fourth-order valence-corrected chi connectivity index (χ4v) is 1.86. The Kier molecular flexibility index (Phi) is 4.55. The minimum Gasteiger partial charge on any atom is -0.478 e. The van der Waals surface area contributed by atoms with E-state index in [-0.39, 0.29) is 5.91 Å². The maximum Gasteiger partial charge on any atom is 0.248 e. The number of benzene rings is 1. The minimum atomic E-state index is -1.11. The van der Waals surface area contributed by atoms with Crippen LogP contribution in [0.1, 0.15) is 19.4 Å². The van der Waals surface area contributed by atoms with Crippen molar-refractivity contribution in [2.45, 2.75) is 19.4 Å². The van der Waals surface area contributed by atoms with Gasteiger partial charge in [0.25, 0.3) is 0 Å². The third-order valence-corrected chi connectivity index (χ3v) is 3.13. The zero-order valence-corrected chi connectivity index (χ0v) is 12.2. The molecule has 2 rings (SSSR count). The topological polar surface area (TPSA) is 77.2 Å². The van der Waals surface area contributed by atoms with E-state index in [9.17, 15) is 4.79 Å². The number of anilines is 1. The molecule has 0 aliphatic rings. The van der Waals surface area contributed by atoms with Crippen LogP contribution in [0, 0.1) is 0 Å². The van der Waals surface area contributed by atoms with Crippen LogP contribution in [-0.4, -0.2) is 17.5 Å². The van der Waals surface area contributed by atoms with Crippen LogP contribution in [0.4, 0.5) is 5.69 Å². The Labute approximate surface area is 124 Å². The van der Waals surface area contributed by atoms with Gasteiger partial charge in [-0.2, -0.15) is 0 Å². The summed E-state index contributed by atoms with van der Waals surface area (Å²) in [7, 11) is 0. The van der Waals surface area contributed by atoms with Crippen LogP contribution in [0.3, 0.4) is 0 Å². The Morgan fingerprint density at radius 1 is 1.29 bits per heavy atom. The van der Waals surface area contributed by atoms with Crippen LogP contribution in [0.25, 0.3) is 0 Å². The summed E-state index contributed by atoms with van der Waals surface area (Å²) in [6.07, 6.45) is 1.55. The number of carbonyl (C=O) groups is 1. The highest BCUT2D eigenvalue weighted by Crippen LogP contribution is 2.20. The Bertz CT molecular complexity index is 595. The molecule has 2 aromatic rings. The van der Waals surface area contributed by atoms with E-state index in [4.69, 9.17) is 10.5 Å². The van der Waals surface area contributed by atoms with Crippen molar-refractivity contribution in [1.82, 2.24) is 4.98 Å². The first-order chi connectivity index (χ1) is 10.0. The third-order valence-electron chi connectivity index (χ3n) is 3.13. The minimum absolute atomic E-state index is 0.292. The molecule has 0 bridgehead atoms. The van der Waals surface area contributed by atoms with E-state index in [0.29, 0.717) is 18.2 Å². The molecule has 5 nitrogen and oxygen atoms in total. The average molecular weight is 285 g/mol. The van der Waals surface area contributed by atoms with E-state index in [1.807, 2.05) is 37.3 Å². The standard InChI is InChI=1S/C16H19N3O2/c1-3-21-14-10-9-13(11-18-14)19-15(20)16(2,17)12-7-5-4-6-8-12/h4-11H,3,17H2,1-2H3,(H,19,20). The number of nitrogens with two attached hydrogens (primary N) is 1.